The van der Waals surface area contributed by atoms with Crippen LogP contribution in [-0.2, 0) is 4.79 Å². The lowest BCUT2D eigenvalue weighted by Gasteiger charge is -2.71. The van der Waals surface area contributed by atoms with E-state index in [1.165, 1.54) is 25.7 Å². The molecular weight excluding hydrogens is 408 g/mol. The fourth-order valence-corrected chi connectivity index (χ4v) is 11.0. The largest absolute Gasteiger partial charge is 0.481 e. The molecule has 5 rings (SSSR count). The topological polar surface area (TPSA) is 57.5 Å². The first-order valence-corrected chi connectivity index (χ1v) is 13.8. The summed E-state index contributed by atoms with van der Waals surface area (Å²) in [4.78, 5) is 12.1. The van der Waals surface area contributed by atoms with Gasteiger partial charge in [-0.15, -0.1) is 0 Å². The van der Waals surface area contributed by atoms with E-state index in [0.29, 0.717) is 17.8 Å². The van der Waals surface area contributed by atoms with Gasteiger partial charge in [-0.3, -0.25) is 4.79 Å². The smallest absolute Gasteiger partial charge is 0.306 e. The number of aliphatic carboxylic acids is 1. The maximum Gasteiger partial charge on any atom is 0.306 e. The Morgan fingerprint density at radius 3 is 2.27 bits per heavy atom. The van der Waals surface area contributed by atoms with Crippen LogP contribution in [0.2, 0.25) is 0 Å². The first-order valence-electron chi connectivity index (χ1n) is 13.8. The van der Waals surface area contributed by atoms with Crippen LogP contribution in [0.3, 0.4) is 0 Å². The number of carbonyl (C=O) groups is 1. The summed E-state index contributed by atoms with van der Waals surface area (Å²) in [6, 6.07) is 0. The first-order chi connectivity index (χ1) is 15.2. The molecule has 33 heavy (non-hydrogen) atoms. The van der Waals surface area contributed by atoms with E-state index in [0.717, 1.165) is 32.1 Å². The quantitative estimate of drug-likeness (QED) is 0.414. The lowest BCUT2D eigenvalue weighted by atomic mass is 9.33. The zero-order chi connectivity index (χ0) is 24.2. The summed E-state index contributed by atoms with van der Waals surface area (Å²) in [6.45, 7) is 17.1. The summed E-state index contributed by atoms with van der Waals surface area (Å²) in [7, 11) is 0. The monoisotopic (exact) mass is 456 g/mol. The fourth-order valence-electron chi connectivity index (χ4n) is 11.0. The van der Waals surface area contributed by atoms with E-state index >= 15 is 0 Å². The predicted molar refractivity (Wildman–Crippen MR) is 133 cm³/mol. The normalized spacial score (nSPS) is 55.3. The van der Waals surface area contributed by atoms with E-state index in [9.17, 15) is 15.0 Å². The number of fused-ring (bicyclic) bond motifs is 7. The molecule has 0 radical (unpaired) electrons. The average Bonchev–Trinajstić information content (AvgIpc) is 2.72. The Labute approximate surface area is 201 Å². The van der Waals surface area contributed by atoms with Crippen LogP contribution in [0.5, 0.6) is 0 Å². The van der Waals surface area contributed by atoms with E-state index in [-0.39, 0.29) is 45.0 Å². The highest BCUT2D eigenvalue weighted by molar-refractivity contribution is 5.70. The molecule has 0 amide bonds. The molecule has 5 aliphatic carbocycles. The summed E-state index contributed by atoms with van der Waals surface area (Å²) in [6.07, 6.45) is 12.5. The summed E-state index contributed by atoms with van der Waals surface area (Å²) in [5.41, 5.74) is 2.53. The average molecular weight is 457 g/mol. The number of hydrogen-bond acceptors (Lipinski definition) is 2. The third-order valence-electron chi connectivity index (χ3n) is 13.3. The van der Waals surface area contributed by atoms with Crippen LogP contribution in [0.4, 0.5) is 0 Å². The Bertz CT molecular complexity index is 874. The van der Waals surface area contributed by atoms with Crippen molar-refractivity contribution < 1.29 is 15.0 Å². The maximum atomic E-state index is 12.1. The summed E-state index contributed by atoms with van der Waals surface area (Å²) < 4.78 is 0. The minimum Gasteiger partial charge on any atom is -0.481 e. The van der Waals surface area contributed by atoms with Gasteiger partial charge >= 0.3 is 5.97 Å². The molecule has 0 bridgehead atoms. The highest BCUT2D eigenvalue weighted by Gasteiger charge is 2.68. The molecule has 3 nitrogen and oxygen atoms in total. The molecule has 0 aromatic carbocycles. The molecule has 5 aliphatic rings. The van der Waals surface area contributed by atoms with Crippen molar-refractivity contribution in [3.63, 3.8) is 0 Å². The van der Waals surface area contributed by atoms with Gasteiger partial charge in [0.25, 0.3) is 0 Å². The molecule has 4 fully saturated rings. The van der Waals surface area contributed by atoms with Gasteiger partial charge in [0.2, 0.25) is 0 Å². The van der Waals surface area contributed by atoms with Crippen LogP contribution in [0.25, 0.3) is 0 Å². The Hall–Kier alpha value is -0.830. The van der Waals surface area contributed by atoms with Crippen molar-refractivity contribution in [1.29, 1.82) is 0 Å². The highest BCUT2D eigenvalue weighted by Crippen LogP contribution is 2.75. The second kappa shape index (κ2) is 7.11. The first kappa shape index (κ1) is 23.9. The van der Waals surface area contributed by atoms with Crippen LogP contribution in [0.1, 0.15) is 106 Å². The third kappa shape index (κ3) is 2.87. The van der Waals surface area contributed by atoms with Gasteiger partial charge in [0.05, 0.1) is 12.0 Å². The van der Waals surface area contributed by atoms with Gasteiger partial charge in [-0.2, -0.15) is 0 Å². The van der Waals surface area contributed by atoms with Crippen molar-refractivity contribution in [1.82, 2.24) is 0 Å². The third-order valence-corrected chi connectivity index (χ3v) is 13.3. The molecule has 10 atom stereocenters. The zero-order valence-corrected chi connectivity index (χ0v) is 22.2. The van der Waals surface area contributed by atoms with Crippen molar-refractivity contribution >= 4 is 5.97 Å². The van der Waals surface area contributed by atoms with Crippen molar-refractivity contribution in [3.05, 3.63) is 11.6 Å². The Morgan fingerprint density at radius 2 is 1.61 bits per heavy atom. The zero-order valence-electron chi connectivity index (χ0n) is 22.2. The number of carboxylic acid groups (broad SMARTS) is 1. The van der Waals surface area contributed by atoms with E-state index in [2.05, 4.69) is 54.5 Å². The predicted octanol–water partition coefficient (Wildman–Crippen LogP) is 7.09. The maximum absolute atomic E-state index is 12.1. The molecule has 0 heterocycles. The summed E-state index contributed by atoms with van der Waals surface area (Å²) >= 11 is 0. The molecule has 0 aromatic rings. The van der Waals surface area contributed by atoms with Crippen LogP contribution < -0.4 is 0 Å². The van der Waals surface area contributed by atoms with Gasteiger partial charge in [0.15, 0.2) is 0 Å². The number of rotatable bonds is 1. The van der Waals surface area contributed by atoms with Crippen LogP contribution in [0, 0.1) is 56.7 Å². The van der Waals surface area contributed by atoms with Crippen LogP contribution >= 0.6 is 0 Å². The van der Waals surface area contributed by atoms with E-state index in [1.807, 2.05) is 0 Å². The van der Waals surface area contributed by atoms with Gasteiger partial charge in [0, 0.05) is 0 Å². The van der Waals surface area contributed by atoms with Crippen LogP contribution in [-0.4, -0.2) is 22.3 Å². The molecule has 186 valence electrons. The van der Waals surface area contributed by atoms with Crippen molar-refractivity contribution in [2.75, 3.05) is 0 Å². The highest BCUT2D eigenvalue weighted by atomic mass is 16.4. The minimum absolute atomic E-state index is 0.0169. The molecule has 0 spiro atoms. The van der Waals surface area contributed by atoms with Gasteiger partial charge in [-0.1, -0.05) is 60.1 Å². The fraction of sp³-hybridized carbons (Fsp3) is 0.900. The van der Waals surface area contributed by atoms with Crippen molar-refractivity contribution in [2.24, 2.45) is 56.7 Å². The molecule has 0 aliphatic heterocycles. The Morgan fingerprint density at radius 1 is 0.909 bits per heavy atom. The van der Waals surface area contributed by atoms with Gasteiger partial charge in [-0.25, -0.2) is 0 Å². The summed E-state index contributed by atoms with van der Waals surface area (Å²) in [5, 5.41) is 20.9. The SMILES string of the molecule is C[C@H]1[C@@H](C(=O)O)CC[C@]2(C)CC[C@]3(C)C(=CC[C@@H]4[C@@]5(C)CC[C@@H](O)C(C)(C)[C@@H]5CC[C@]43C)[C@@H]12. The number of aliphatic hydroxyl groups excluding tert-OH is 1. The lowest BCUT2D eigenvalue weighted by molar-refractivity contribution is -0.204. The van der Waals surface area contributed by atoms with E-state index in [1.54, 1.807) is 5.57 Å². The second-order valence-corrected chi connectivity index (χ2v) is 14.6. The second-order valence-electron chi connectivity index (χ2n) is 14.6. The number of hydrogen-bond donors (Lipinski definition) is 2. The molecule has 2 N–H and O–H groups in total. The van der Waals surface area contributed by atoms with Gasteiger partial charge in [0.1, 0.15) is 0 Å². The van der Waals surface area contributed by atoms with E-state index in [4.69, 9.17) is 0 Å². The van der Waals surface area contributed by atoms with Crippen molar-refractivity contribution in [2.45, 2.75) is 112 Å². The Balaban J connectivity index is 1.58. The number of allylic oxidation sites excluding steroid dienone is 2. The Kier molecular flexibility index (Phi) is 5.15. The van der Waals surface area contributed by atoms with Gasteiger partial charge < -0.3 is 10.2 Å². The summed E-state index contributed by atoms with van der Waals surface area (Å²) in [5.74, 6) is 1.04. The molecule has 0 unspecified atom stereocenters. The number of aliphatic hydroxyl groups is 1. The molecule has 0 saturated heterocycles. The molecule has 3 heteroatoms. The molecule has 4 saturated carbocycles. The molecule has 0 aromatic heterocycles. The standard InChI is InChI=1S/C30H48O3/c1-18-19(25(32)33)10-13-27(4)16-17-29(6)20(24(18)27)8-9-22-28(5)14-12-23(31)26(2,3)21(28)11-15-30(22,29)7/h8,18-19,21-24,31H,9-17H2,1-7H3,(H,32,33)/t18-,19-,21-,22+,23+,24+,27+,28-,29+,30+/m0/s1. The lowest BCUT2D eigenvalue weighted by Crippen LogP contribution is -2.64. The van der Waals surface area contributed by atoms with Crippen LogP contribution in [0.15, 0.2) is 11.6 Å². The number of carboxylic acids is 1. The minimum atomic E-state index is -0.590. The van der Waals surface area contributed by atoms with E-state index < -0.39 is 5.97 Å². The molecular formula is C30H48O3. The van der Waals surface area contributed by atoms with Gasteiger partial charge in [-0.05, 0) is 109 Å². The van der Waals surface area contributed by atoms with Crippen molar-refractivity contribution in [3.8, 4) is 0 Å².